The van der Waals surface area contributed by atoms with E-state index in [1.54, 1.807) is 0 Å². The summed E-state index contributed by atoms with van der Waals surface area (Å²) >= 11 is 0. The van der Waals surface area contributed by atoms with Gasteiger partial charge in [0.2, 0.25) is 0 Å². The van der Waals surface area contributed by atoms with Crippen LogP contribution in [0.25, 0.3) is 22.0 Å². The molecule has 3 aromatic rings. The van der Waals surface area contributed by atoms with Crippen molar-refractivity contribution in [3.8, 4) is 11.1 Å². The first kappa shape index (κ1) is 24.9. The van der Waals surface area contributed by atoms with E-state index in [9.17, 15) is 14.3 Å². The summed E-state index contributed by atoms with van der Waals surface area (Å²) in [4.78, 5) is 22.2. The molecule has 6 rings (SSSR count). The zero-order chi connectivity index (χ0) is 26.7. The molecule has 1 N–H and O–H groups in total. The number of halogens is 1. The van der Waals surface area contributed by atoms with Crippen molar-refractivity contribution in [1.29, 1.82) is 0 Å². The third-order valence-electron chi connectivity index (χ3n) is 8.64. The molecule has 0 bridgehead atoms. The summed E-state index contributed by atoms with van der Waals surface area (Å²) in [7, 11) is 0. The van der Waals surface area contributed by atoms with Gasteiger partial charge in [0.25, 0.3) is 0 Å². The number of aromatic nitrogens is 1. The van der Waals surface area contributed by atoms with Crippen molar-refractivity contribution < 1.29 is 19.1 Å². The summed E-state index contributed by atoms with van der Waals surface area (Å²) in [5, 5.41) is 15.2. The highest BCUT2D eigenvalue weighted by molar-refractivity contribution is 5.98. The molecule has 0 atom stereocenters. The van der Waals surface area contributed by atoms with E-state index in [1.165, 1.54) is 28.6 Å². The van der Waals surface area contributed by atoms with Crippen LogP contribution in [0, 0.1) is 11.2 Å². The predicted octanol–water partition coefficient (Wildman–Crippen LogP) is 5.50. The molecule has 7 nitrogen and oxygen atoms in total. The molecule has 2 saturated heterocycles. The van der Waals surface area contributed by atoms with Crippen LogP contribution in [0.1, 0.15) is 51.6 Å². The minimum Gasteiger partial charge on any atom is -0.481 e. The van der Waals surface area contributed by atoms with Crippen LogP contribution in [0.3, 0.4) is 0 Å². The van der Waals surface area contributed by atoms with Gasteiger partial charge < -0.3 is 19.4 Å². The van der Waals surface area contributed by atoms with Gasteiger partial charge in [-0.25, -0.2) is 4.39 Å². The van der Waals surface area contributed by atoms with Crippen LogP contribution >= 0.6 is 0 Å². The molecule has 3 aliphatic rings. The van der Waals surface area contributed by atoms with Gasteiger partial charge in [-0.2, -0.15) is 0 Å². The molecular formula is C30H35FN4O3. The molecule has 4 heterocycles. The Morgan fingerprint density at radius 3 is 2.50 bits per heavy atom. The molecule has 0 aliphatic carbocycles. The average molecular weight is 519 g/mol. The van der Waals surface area contributed by atoms with Gasteiger partial charge in [0.1, 0.15) is 11.7 Å². The first-order chi connectivity index (χ1) is 18.2. The fraction of sp³-hybridized carbons (Fsp3) is 0.467. The van der Waals surface area contributed by atoms with Gasteiger partial charge in [-0.15, -0.1) is 0 Å². The number of carboxylic acids is 1. The number of carbonyl (C=O) groups is 1. The SMILES string of the molecule is CC(C)n1cc(CN2CC3(CC(N4CCC(C)(C(=O)O)CC4)=NO3)C2)c2c(-c3ccc(F)cc3)cccc21. The summed E-state index contributed by atoms with van der Waals surface area (Å²) in [6, 6.07) is 13.4. The lowest BCUT2D eigenvalue weighted by Crippen LogP contribution is -2.61. The molecule has 0 amide bonds. The highest BCUT2D eigenvalue weighted by Gasteiger charge is 2.51. The van der Waals surface area contributed by atoms with Crippen molar-refractivity contribution in [2.45, 2.75) is 58.2 Å². The van der Waals surface area contributed by atoms with E-state index >= 15 is 0 Å². The number of aliphatic carboxylic acids is 1. The molecule has 8 heteroatoms. The number of amidine groups is 1. The maximum absolute atomic E-state index is 13.6. The number of fused-ring (bicyclic) bond motifs is 1. The van der Waals surface area contributed by atoms with Crippen molar-refractivity contribution in [3.05, 3.63) is 60.0 Å². The lowest BCUT2D eigenvalue weighted by atomic mass is 9.80. The van der Waals surface area contributed by atoms with Crippen LogP contribution in [-0.4, -0.2) is 63.1 Å². The Hall–Kier alpha value is -3.39. The predicted molar refractivity (Wildman–Crippen MR) is 145 cm³/mol. The molecule has 0 radical (unpaired) electrons. The number of carboxylic acid groups (broad SMARTS) is 1. The number of hydrogen-bond acceptors (Lipinski definition) is 5. The summed E-state index contributed by atoms with van der Waals surface area (Å²) in [5.74, 6) is 0.00625. The molecular weight excluding hydrogens is 483 g/mol. The van der Waals surface area contributed by atoms with E-state index in [0.29, 0.717) is 32.0 Å². The highest BCUT2D eigenvalue weighted by Crippen LogP contribution is 2.40. The van der Waals surface area contributed by atoms with Crippen molar-refractivity contribution in [2.24, 2.45) is 10.6 Å². The Morgan fingerprint density at radius 1 is 1.13 bits per heavy atom. The van der Waals surface area contributed by atoms with Crippen LogP contribution < -0.4 is 0 Å². The van der Waals surface area contributed by atoms with E-state index in [1.807, 2.05) is 19.1 Å². The number of rotatable bonds is 5. The molecule has 2 fully saturated rings. The van der Waals surface area contributed by atoms with Gasteiger partial charge in [0.15, 0.2) is 5.60 Å². The minimum absolute atomic E-state index is 0.231. The lowest BCUT2D eigenvalue weighted by molar-refractivity contribution is -0.150. The van der Waals surface area contributed by atoms with Crippen molar-refractivity contribution in [2.75, 3.05) is 26.2 Å². The molecule has 200 valence electrons. The molecule has 3 aliphatic heterocycles. The van der Waals surface area contributed by atoms with E-state index < -0.39 is 11.4 Å². The van der Waals surface area contributed by atoms with Crippen LogP contribution in [0.4, 0.5) is 4.39 Å². The Bertz CT molecular complexity index is 1400. The van der Waals surface area contributed by atoms with Crippen molar-refractivity contribution >= 4 is 22.7 Å². The Balaban J connectivity index is 1.17. The van der Waals surface area contributed by atoms with Gasteiger partial charge >= 0.3 is 5.97 Å². The second-order valence-corrected chi connectivity index (χ2v) is 11.8. The largest absolute Gasteiger partial charge is 0.481 e. The molecule has 0 unspecified atom stereocenters. The van der Waals surface area contributed by atoms with Crippen LogP contribution in [-0.2, 0) is 16.2 Å². The van der Waals surface area contributed by atoms with Gasteiger partial charge in [-0.1, -0.05) is 29.4 Å². The molecule has 1 aromatic heterocycles. The maximum Gasteiger partial charge on any atom is 0.309 e. The van der Waals surface area contributed by atoms with Crippen molar-refractivity contribution in [3.63, 3.8) is 0 Å². The van der Waals surface area contributed by atoms with Gasteiger partial charge in [0, 0.05) is 55.9 Å². The number of benzene rings is 2. The first-order valence-corrected chi connectivity index (χ1v) is 13.5. The quantitative estimate of drug-likeness (QED) is 0.483. The fourth-order valence-corrected chi connectivity index (χ4v) is 6.25. The fourth-order valence-electron chi connectivity index (χ4n) is 6.25. The maximum atomic E-state index is 13.6. The molecule has 0 saturated carbocycles. The lowest BCUT2D eigenvalue weighted by Gasteiger charge is -2.45. The molecule has 1 spiro atoms. The Labute approximate surface area is 222 Å². The summed E-state index contributed by atoms with van der Waals surface area (Å²) < 4.78 is 16.0. The van der Waals surface area contributed by atoms with Crippen LogP contribution in [0.2, 0.25) is 0 Å². The zero-order valence-electron chi connectivity index (χ0n) is 22.3. The normalized spacial score (nSPS) is 20.6. The topological polar surface area (TPSA) is 70.3 Å². The monoisotopic (exact) mass is 518 g/mol. The van der Waals surface area contributed by atoms with E-state index in [2.05, 4.69) is 57.8 Å². The highest BCUT2D eigenvalue weighted by atomic mass is 19.1. The first-order valence-electron chi connectivity index (χ1n) is 13.5. The number of oxime groups is 1. The van der Waals surface area contributed by atoms with Gasteiger partial charge in [-0.3, -0.25) is 9.69 Å². The second kappa shape index (κ2) is 9.12. The van der Waals surface area contributed by atoms with Crippen LogP contribution in [0.5, 0.6) is 0 Å². The number of hydrogen-bond donors (Lipinski definition) is 1. The number of piperidine rings is 1. The minimum atomic E-state index is -0.714. The zero-order valence-corrected chi connectivity index (χ0v) is 22.3. The second-order valence-electron chi connectivity index (χ2n) is 11.8. The summed E-state index contributed by atoms with van der Waals surface area (Å²) in [6.45, 7) is 10.0. The van der Waals surface area contributed by atoms with E-state index in [0.717, 1.165) is 43.0 Å². The van der Waals surface area contributed by atoms with Gasteiger partial charge in [-0.05, 0) is 68.5 Å². The smallest absolute Gasteiger partial charge is 0.309 e. The van der Waals surface area contributed by atoms with E-state index in [-0.39, 0.29) is 11.4 Å². The number of likely N-dealkylation sites (tertiary alicyclic amines) is 2. The average Bonchev–Trinajstić information content (AvgIpc) is 3.48. The third-order valence-corrected chi connectivity index (χ3v) is 8.64. The van der Waals surface area contributed by atoms with Gasteiger partial charge in [0.05, 0.1) is 11.8 Å². The van der Waals surface area contributed by atoms with Crippen LogP contribution in [0.15, 0.2) is 53.8 Å². The number of nitrogens with zero attached hydrogens (tertiary/aromatic N) is 4. The van der Waals surface area contributed by atoms with Crippen molar-refractivity contribution in [1.82, 2.24) is 14.4 Å². The summed E-state index contributed by atoms with van der Waals surface area (Å²) in [6.07, 6.45) is 4.27. The summed E-state index contributed by atoms with van der Waals surface area (Å²) in [5.41, 5.74) is 3.63. The standard InChI is InChI=1S/C30H35FN4O3/c1-20(2)35-17-22(27-24(5-4-6-25(27)35)21-7-9-23(31)10-8-21)16-33-18-30(19-33)15-26(32-38-30)34-13-11-29(3,12-14-34)28(36)37/h4-10,17,20H,11-16,18-19H2,1-3H3,(H,36,37). The van der Waals surface area contributed by atoms with E-state index in [4.69, 9.17) is 4.84 Å². The third kappa shape index (κ3) is 4.25. The molecule has 2 aromatic carbocycles. The Kier molecular flexibility index (Phi) is 5.98. The Morgan fingerprint density at radius 2 is 1.84 bits per heavy atom. The molecule has 38 heavy (non-hydrogen) atoms.